The summed E-state index contributed by atoms with van der Waals surface area (Å²) in [7, 11) is 0. The molecule has 24 heavy (non-hydrogen) atoms. The van der Waals surface area contributed by atoms with Crippen LogP contribution in [-0.4, -0.2) is 5.91 Å². The average molecular weight is 357 g/mol. The molecule has 0 aliphatic heterocycles. The molecular formula is C19H16FNOS2. The summed E-state index contributed by atoms with van der Waals surface area (Å²) >= 11 is 3.27. The third-order valence-corrected chi connectivity index (χ3v) is 6.20. The van der Waals surface area contributed by atoms with Crippen molar-refractivity contribution in [1.82, 2.24) is 5.32 Å². The van der Waals surface area contributed by atoms with Gasteiger partial charge in [-0.25, -0.2) is 4.39 Å². The summed E-state index contributed by atoms with van der Waals surface area (Å²) in [5.74, 6) is -0.247. The summed E-state index contributed by atoms with van der Waals surface area (Å²) in [4.78, 5) is 14.1. The van der Waals surface area contributed by atoms with Crippen LogP contribution in [0, 0.1) is 5.82 Å². The highest BCUT2D eigenvalue weighted by atomic mass is 32.1. The predicted molar refractivity (Wildman–Crippen MR) is 95.9 cm³/mol. The number of benzene rings is 1. The number of hydrogen-bond donors (Lipinski definition) is 1. The molecule has 0 saturated heterocycles. The topological polar surface area (TPSA) is 29.1 Å². The van der Waals surface area contributed by atoms with Gasteiger partial charge in [0.2, 0.25) is 5.91 Å². The fourth-order valence-electron chi connectivity index (χ4n) is 3.02. The van der Waals surface area contributed by atoms with E-state index in [4.69, 9.17) is 0 Å². The Morgan fingerprint density at radius 1 is 1.12 bits per heavy atom. The minimum atomic E-state index is -0.501. The molecular weight excluding hydrogens is 341 g/mol. The first-order chi connectivity index (χ1) is 11.7. The molecule has 1 saturated carbocycles. The van der Waals surface area contributed by atoms with Gasteiger partial charge in [-0.3, -0.25) is 4.79 Å². The highest BCUT2D eigenvalue weighted by Crippen LogP contribution is 2.49. The molecule has 1 N–H and O–H groups in total. The zero-order chi connectivity index (χ0) is 16.6. The van der Waals surface area contributed by atoms with Crippen LogP contribution in [0.3, 0.4) is 0 Å². The van der Waals surface area contributed by atoms with Gasteiger partial charge in [0.05, 0.1) is 11.5 Å². The number of hydrogen-bond acceptors (Lipinski definition) is 3. The third-order valence-electron chi connectivity index (χ3n) is 4.56. The first kappa shape index (κ1) is 15.5. The van der Waals surface area contributed by atoms with Crippen molar-refractivity contribution in [2.24, 2.45) is 0 Å². The van der Waals surface area contributed by atoms with Crippen LogP contribution < -0.4 is 5.32 Å². The maximum absolute atomic E-state index is 13.2. The van der Waals surface area contributed by atoms with Gasteiger partial charge in [0.15, 0.2) is 0 Å². The molecule has 1 atom stereocenters. The summed E-state index contributed by atoms with van der Waals surface area (Å²) in [6.45, 7) is 0. The van der Waals surface area contributed by atoms with Crippen LogP contribution in [-0.2, 0) is 10.2 Å². The van der Waals surface area contributed by atoms with Crippen molar-refractivity contribution in [3.05, 3.63) is 80.4 Å². The molecule has 3 aromatic rings. The molecule has 1 aliphatic carbocycles. The number of thiophene rings is 2. The Morgan fingerprint density at radius 2 is 1.92 bits per heavy atom. The van der Waals surface area contributed by atoms with E-state index in [-0.39, 0.29) is 17.8 Å². The van der Waals surface area contributed by atoms with E-state index in [1.54, 1.807) is 34.8 Å². The third kappa shape index (κ3) is 2.78. The van der Waals surface area contributed by atoms with Crippen LogP contribution in [0.5, 0.6) is 0 Å². The standard InChI is InChI=1S/C19H16FNOS2/c20-15-5-3-14(4-6-15)19(8-9-19)18(22)21-17(13-7-11-23-12-13)16-2-1-10-24-16/h1-7,10-12,17H,8-9H2,(H,21,22)/t17-/m1/s1. The van der Waals surface area contributed by atoms with Crippen molar-refractivity contribution in [1.29, 1.82) is 0 Å². The lowest BCUT2D eigenvalue weighted by Gasteiger charge is -2.22. The Morgan fingerprint density at radius 3 is 2.50 bits per heavy atom. The molecule has 0 bridgehead atoms. The Kier molecular flexibility index (Phi) is 3.98. The van der Waals surface area contributed by atoms with Crippen LogP contribution in [0.4, 0.5) is 4.39 Å². The quantitative estimate of drug-likeness (QED) is 0.692. The molecule has 2 heterocycles. The van der Waals surface area contributed by atoms with E-state index < -0.39 is 5.41 Å². The summed E-state index contributed by atoms with van der Waals surface area (Å²) in [6.07, 6.45) is 1.62. The van der Waals surface area contributed by atoms with Crippen molar-refractivity contribution in [3.8, 4) is 0 Å². The highest BCUT2D eigenvalue weighted by molar-refractivity contribution is 7.10. The molecule has 122 valence electrons. The monoisotopic (exact) mass is 357 g/mol. The Hall–Kier alpha value is -1.98. The Balaban J connectivity index is 1.61. The lowest BCUT2D eigenvalue weighted by molar-refractivity contribution is -0.124. The van der Waals surface area contributed by atoms with Crippen molar-refractivity contribution in [3.63, 3.8) is 0 Å². The molecule has 0 unspecified atom stereocenters. The zero-order valence-corrected chi connectivity index (χ0v) is 14.5. The molecule has 1 aliphatic rings. The molecule has 1 fully saturated rings. The van der Waals surface area contributed by atoms with Crippen molar-refractivity contribution >= 4 is 28.6 Å². The number of nitrogens with one attached hydrogen (secondary N) is 1. The van der Waals surface area contributed by atoms with Crippen LogP contribution in [0.1, 0.15) is 34.9 Å². The van der Waals surface area contributed by atoms with E-state index in [2.05, 4.69) is 10.7 Å². The van der Waals surface area contributed by atoms with Gasteiger partial charge in [0, 0.05) is 4.88 Å². The maximum atomic E-state index is 13.2. The summed E-state index contributed by atoms with van der Waals surface area (Å²) in [5, 5.41) is 9.34. The first-order valence-electron chi connectivity index (χ1n) is 7.81. The minimum Gasteiger partial charge on any atom is -0.344 e. The summed E-state index contributed by atoms with van der Waals surface area (Å²) in [6, 6.07) is 12.3. The van der Waals surface area contributed by atoms with Gasteiger partial charge < -0.3 is 5.32 Å². The molecule has 0 spiro atoms. The van der Waals surface area contributed by atoms with Gasteiger partial charge in [-0.2, -0.15) is 11.3 Å². The van der Waals surface area contributed by atoms with Gasteiger partial charge in [-0.05, 0) is 64.4 Å². The van der Waals surface area contributed by atoms with E-state index in [9.17, 15) is 9.18 Å². The molecule has 2 nitrogen and oxygen atoms in total. The fourth-order valence-corrected chi connectivity index (χ4v) is 4.51. The van der Waals surface area contributed by atoms with E-state index in [1.165, 1.54) is 12.1 Å². The Labute approximate surface area is 148 Å². The van der Waals surface area contributed by atoms with Crippen LogP contribution >= 0.6 is 22.7 Å². The number of amides is 1. The van der Waals surface area contributed by atoms with E-state index >= 15 is 0 Å². The first-order valence-corrected chi connectivity index (χ1v) is 9.64. The molecule has 0 radical (unpaired) electrons. The van der Waals surface area contributed by atoms with Gasteiger partial charge >= 0.3 is 0 Å². The molecule has 4 rings (SSSR count). The van der Waals surface area contributed by atoms with Gasteiger partial charge in [-0.15, -0.1) is 11.3 Å². The second kappa shape index (κ2) is 6.15. The van der Waals surface area contributed by atoms with Crippen LogP contribution in [0.25, 0.3) is 0 Å². The average Bonchev–Trinajstić information content (AvgIpc) is 3.02. The largest absolute Gasteiger partial charge is 0.344 e. The van der Waals surface area contributed by atoms with Crippen molar-refractivity contribution in [2.45, 2.75) is 24.3 Å². The van der Waals surface area contributed by atoms with E-state index in [0.717, 1.165) is 28.8 Å². The van der Waals surface area contributed by atoms with E-state index in [1.807, 2.05) is 29.0 Å². The smallest absolute Gasteiger partial charge is 0.231 e. The van der Waals surface area contributed by atoms with Crippen LogP contribution in [0.15, 0.2) is 58.6 Å². The lowest BCUT2D eigenvalue weighted by atomic mass is 9.94. The summed E-state index contributed by atoms with van der Waals surface area (Å²) in [5.41, 5.74) is 1.50. The summed E-state index contributed by atoms with van der Waals surface area (Å²) < 4.78 is 13.2. The number of halogens is 1. The minimum absolute atomic E-state index is 0.0266. The number of rotatable bonds is 5. The highest BCUT2D eigenvalue weighted by Gasteiger charge is 2.51. The molecule has 1 amide bonds. The van der Waals surface area contributed by atoms with Crippen LogP contribution in [0.2, 0.25) is 0 Å². The second-order valence-corrected chi connectivity index (χ2v) is 7.83. The van der Waals surface area contributed by atoms with Crippen molar-refractivity contribution in [2.75, 3.05) is 0 Å². The Bertz CT molecular complexity index is 787. The fraction of sp³-hybridized carbons (Fsp3) is 0.211. The number of carbonyl (C=O) groups excluding carboxylic acids is 1. The molecule has 2 aromatic heterocycles. The van der Waals surface area contributed by atoms with Gasteiger partial charge in [-0.1, -0.05) is 18.2 Å². The zero-order valence-electron chi connectivity index (χ0n) is 12.9. The SMILES string of the molecule is O=C(N[C@H](c1ccsc1)c1cccs1)C1(c2ccc(F)cc2)CC1. The van der Waals surface area contributed by atoms with E-state index in [0.29, 0.717) is 0 Å². The maximum Gasteiger partial charge on any atom is 0.231 e. The molecule has 1 aromatic carbocycles. The van der Waals surface area contributed by atoms with Gasteiger partial charge in [0.1, 0.15) is 5.82 Å². The number of carbonyl (C=O) groups is 1. The lowest BCUT2D eigenvalue weighted by Crippen LogP contribution is -2.37. The predicted octanol–water partition coefficient (Wildman–Crippen LogP) is 4.89. The second-order valence-electron chi connectivity index (χ2n) is 6.07. The van der Waals surface area contributed by atoms with Gasteiger partial charge in [0.25, 0.3) is 0 Å². The normalized spacial score (nSPS) is 16.5. The van der Waals surface area contributed by atoms with Crippen molar-refractivity contribution < 1.29 is 9.18 Å². The molecule has 5 heteroatoms.